The second-order valence-electron chi connectivity index (χ2n) is 4.97. The summed E-state index contributed by atoms with van der Waals surface area (Å²) in [4.78, 5) is 6.35. The van der Waals surface area contributed by atoms with Gasteiger partial charge in [0.1, 0.15) is 5.82 Å². The largest absolute Gasteiger partial charge is 0.308 e. The van der Waals surface area contributed by atoms with Gasteiger partial charge in [-0.15, -0.1) is 0 Å². The second-order valence-corrected chi connectivity index (χ2v) is 6.73. The summed E-state index contributed by atoms with van der Waals surface area (Å²) >= 11 is 0. The normalized spacial score (nSPS) is 18.1. The molecule has 1 unspecified atom stereocenters. The summed E-state index contributed by atoms with van der Waals surface area (Å²) in [6.07, 6.45) is 3.79. The Hall–Kier alpha value is -1.22. The van der Waals surface area contributed by atoms with Crippen molar-refractivity contribution >= 4 is 15.8 Å². The Kier molecular flexibility index (Phi) is 4.92. The zero-order valence-electron chi connectivity index (χ0n) is 11.5. The predicted molar refractivity (Wildman–Crippen MR) is 77.5 cm³/mol. The lowest BCUT2D eigenvalue weighted by Gasteiger charge is -2.23. The molecule has 1 saturated heterocycles. The van der Waals surface area contributed by atoms with E-state index in [1.807, 2.05) is 6.92 Å². The van der Waals surface area contributed by atoms with E-state index in [4.69, 9.17) is 5.84 Å². The van der Waals surface area contributed by atoms with E-state index in [1.165, 1.54) is 31.2 Å². The zero-order chi connectivity index (χ0) is 14.6. The number of nitrogens with one attached hydrogen (secondary N) is 2. The van der Waals surface area contributed by atoms with Gasteiger partial charge in [0.25, 0.3) is 0 Å². The van der Waals surface area contributed by atoms with E-state index in [9.17, 15) is 8.42 Å². The minimum Gasteiger partial charge on any atom is -0.308 e. The van der Waals surface area contributed by atoms with E-state index in [0.717, 1.165) is 13.1 Å². The monoisotopic (exact) mass is 299 g/mol. The number of aromatic nitrogens is 1. The Morgan fingerprint density at radius 2 is 2.15 bits per heavy atom. The van der Waals surface area contributed by atoms with E-state index < -0.39 is 10.0 Å². The molecule has 8 heteroatoms. The number of hydrogen-bond donors (Lipinski definition) is 3. The molecule has 1 aromatic rings. The average molecular weight is 299 g/mol. The van der Waals surface area contributed by atoms with Crippen molar-refractivity contribution in [2.24, 2.45) is 5.84 Å². The van der Waals surface area contributed by atoms with Gasteiger partial charge >= 0.3 is 0 Å². The van der Waals surface area contributed by atoms with Crippen molar-refractivity contribution in [1.82, 2.24) is 14.6 Å². The fourth-order valence-electron chi connectivity index (χ4n) is 2.28. The van der Waals surface area contributed by atoms with Crippen LogP contribution in [-0.4, -0.2) is 44.0 Å². The van der Waals surface area contributed by atoms with Crippen LogP contribution < -0.4 is 16.0 Å². The molecule has 1 aliphatic rings. The van der Waals surface area contributed by atoms with E-state index in [2.05, 4.69) is 20.0 Å². The number of hydrazine groups is 1. The highest BCUT2D eigenvalue weighted by atomic mass is 32.2. The van der Waals surface area contributed by atoms with E-state index in [0.29, 0.717) is 12.4 Å². The minimum absolute atomic E-state index is 0.161. The highest BCUT2D eigenvalue weighted by Crippen LogP contribution is 2.14. The number of hydrogen-bond acceptors (Lipinski definition) is 6. The molecule has 2 rings (SSSR count). The molecule has 0 aliphatic carbocycles. The van der Waals surface area contributed by atoms with Crippen LogP contribution in [0.25, 0.3) is 0 Å². The molecule has 0 radical (unpaired) electrons. The summed E-state index contributed by atoms with van der Waals surface area (Å²) in [5.74, 6) is 5.55. The van der Waals surface area contributed by atoms with Gasteiger partial charge in [0.15, 0.2) is 0 Å². The van der Waals surface area contributed by atoms with E-state index >= 15 is 0 Å². The summed E-state index contributed by atoms with van der Waals surface area (Å²) in [5.41, 5.74) is 2.34. The van der Waals surface area contributed by atoms with Crippen molar-refractivity contribution in [3.63, 3.8) is 0 Å². The molecule has 4 N–H and O–H groups in total. The van der Waals surface area contributed by atoms with Crippen LogP contribution in [0.1, 0.15) is 19.8 Å². The number of pyridine rings is 1. The zero-order valence-corrected chi connectivity index (χ0v) is 12.4. The van der Waals surface area contributed by atoms with Gasteiger partial charge in [-0.3, -0.25) is 4.90 Å². The summed E-state index contributed by atoms with van der Waals surface area (Å²) in [5, 5.41) is 0. The molecule has 0 aromatic carbocycles. The maximum absolute atomic E-state index is 12.2. The standard InChI is InChI=1S/C12H21N5O2S/c1-10(17-6-2-3-7-17)9-15-20(18,19)11-4-5-14-12(8-11)16-13/h4-5,8,10,15H,2-3,6-7,9,13H2,1H3,(H,14,16). The Morgan fingerprint density at radius 1 is 1.45 bits per heavy atom. The van der Waals surface area contributed by atoms with Crippen LogP contribution in [0, 0.1) is 0 Å². The SMILES string of the molecule is CC(CNS(=O)(=O)c1ccnc(NN)c1)N1CCCC1. The molecular formula is C12H21N5O2S. The number of rotatable bonds is 6. The van der Waals surface area contributed by atoms with Gasteiger partial charge in [0, 0.05) is 24.8 Å². The second kappa shape index (κ2) is 6.49. The van der Waals surface area contributed by atoms with E-state index in [1.54, 1.807) is 0 Å². The molecule has 1 fully saturated rings. The molecule has 1 atom stereocenters. The maximum atomic E-state index is 12.2. The lowest BCUT2D eigenvalue weighted by molar-refractivity contribution is 0.260. The van der Waals surface area contributed by atoms with Crippen LogP contribution in [0.5, 0.6) is 0 Å². The third kappa shape index (κ3) is 3.66. The van der Waals surface area contributed by atoms with Crippen molar-refractivity contribution in [1.29, 1.82) is 0 Å². The molecule has 0 bridgehead atoms. The molecule has 112 valence electrons. The first kappa shape index (κ1) is 15.2. The van der Waals surface area contributed by atoms with Crippen molar-refractivity contribution in [2.75, 3.05) is 25.1 Å². The average Bonchev–Trinajstić information content (AvgIpc) is 2.99. The minimum atomic E-state index is -3.53. The molecule has 1 aromatic heterocycles. The third-order valence-corrected chi connectivity index (χ3v) is 4.94. The summed E-state index contributed by atoms with van der Waals surface area (Å²) in [6.45, 7) is 4.52. The van der Waals surface area contributed by atoms with Crippen LogP contribution >= 0.6 is 0 Å². The van der Waals surface area contributed by atoms with Gasteiger partial charge in [-0.1, -0.05) is 0 Å². The van der Waals surface area contributed by atoms with Gasteiger partial charge in [0.2, 0.25) is 10.0 Å². The molecule has 2 heterocycles. The Labute approximate surface area is 119 Å². The summed E-state index contributed by atoms with van der Waals surface area (Å²) in [6, 6.07) is 3.05. The van der Waals surface area contributed by atoms with Gasteiger partial charge in [0.05, 0.1) is 4.90 Å². The molecule has 7 nitrogen and oxygen atoms in total. The number of nitrogens with two attached hydrogens (primary N) is 1. The lowest BCUT2D eigenvalue weighted by atomic mass is 10.3. The quantitative estimate of drug-likeness (QED) is 0.510. The number of likely N-dealkylation sites (tertiary alicyclic amines) is 1. The Morgan fingerprint density at radius 3 is 2.80 bits per heavy atom. The van der Waals surface area contributed by atoms with Crippen molar-refractivity contribution in [2.45, 2.75) is 30.7 Å². The molecule has 0 amide bonds. The van der Waals surface area contributed by atoms with Crippen LogP contribution in [0.2, 0.25) is 0 Å². The maximum Gasteiger partial charge on any atom is 0.240 e. The smallest absolute Gasteiger partial charge is 0.240 e. The third-order valence-electron chi connectivity index (χ3n) is 3.52. The number of nitrogens with zero attached hydrogens (tertiary/aromatic N) is 2. The highest BCUT2D eigenvalue weighted by molar-refractivity contribution is 7.89. The Bertz CT molecular complexity index is 543. The molecule has 20 heavy (non-hydrogen) atoms. The van der Waals surface area contributed by atoms with Gasteiger partial charge in [-0.05, 0) is 38.9 Å². The summed E-state index contributed by atoms with van der Waals surface area (Å²) < 4.78 is 27.0. The van der Waals surface area contributed by atoms with Crippen LogP contribution in [0.15, 0.2) is 23.2 Å². The van der Waals surface area contributed by atoms with Gasteiger partial charge in [-0.2, -0.15) is 0 Å². The van der Waals surface area contributed by atoms with Crippen LogP contribution in [0.3, 0.4) is 0 Å². The van der Waals surface area contributed by atoms with E-state index in [-0.39, 0.29) is 10.9 Å². The first-order valence-corrected chi connectivity index (χ1v) is 8.17. The van der Waals surface area contributed by atoms with Crippen LogP contribution in [-0.2, 0) is 10.0 Å². The van der Waals surface area contributed by atoms with Crippen LogP contribution in [0.4, 0.5) is 5.82 Å². The first-order valence-electron chi connectivity index (χ1n) is 6.69. The topological polar surface area (TPSA) is 100 Å². The summed E-state index contributed by atoms with van der Waals surface area (Å²) in [7, 11) is -3.53. The molecular weight excluding hydrogens is 278 g/mol. The van der Waals surface area contributed by atoms with Crippen molar-refractivity contribution in [3.05, 3.63) is 18.3 Å². The molecule has 0 spiro atoms. The predicted octanol–water partition coefficient (Wildman–Crippen LogP) is 0.130. The molecule has 1 aliphatic heterocycles. The van der Waals surface area contributed by atoms with Crippen molar-refractivity contribution < 1.29 is 8.42 Å². The fourth-order valence-corrected chi connectivity index (χ4v) is 3.42. The van der Waals surface area contributed by atoms with Gasteiger partial charge < -0.3 is 5.43 Å². The Balaban J connectivity index is 1.99. The lowest BCUT2D eigenvalue weighted by Crippen LogP contribution is -2.40. The molecule has 0 saturated carbocycles. The fraction of sp³-hybridized carbons (Fsp3) is 0.583. The van der Waals surface area contributed by atoms with Gasteiger partial charge in [-0.25, -0.2) is 24.0 Å². The number of anilines is 1. The number of nitrogen functional groups attached to an aromatic ring is 1. The van der Waals surface area contributed by atoms with Crippen molar-refractivity contribution in [3.8, 4) is 0 Å². The first-order chi connectivity index (χ1) is 9.53. The number of sulfonamides is 1. The highest BCUT2D eigenvalue weighted by Gasteiger charge is 2.21.